The van der Waals surface area contributed by atoms with E-state index < -0.39 is 0 Å². The largest absolute Gasteiger partial charge is 0.374 e. The summed E-state index contributed by atoms with van der Waals surface area (Å²) in [4.78, 5) is 0. The van der Waals surface area contributed by atoms with Gasteiger partial charge in [0.2, 0.25) is 0 Å². The second-order valence-corrected chi connectivity index (χ2v) is 8.17. The van der Waals surface area contributed by atoms with Crippen LogP contribution in [0, 0.1) is 0 Å². The van der Waals surface area contributed by atoms with E-state index >= 15 is 0 Å². The van der Waals surface area contributed by atoms with E-state index in [2.05, 4.69) is 36.4 Å². The molecule has 5 heteroatoms. The zero-order valence-electron chi connectivity index (χ0n) is 17.9. The third kappa shape index (κ3) is 5.44. The summed E-state index contributed by atoms with van der Waals surface area (Å²) in [6.45, 7) is 1.91. The molecular weight excluding hydrogens is 404 g/mol. The highest BCUT2D eigenvalue weighted by atomic mass is 16.8. The normalized spacial score (nSPS) is 26.4. The highest BCUT2D eigenvalue weighted by Crippen LogP contribution is 2.39. The van der Waals surface area contributed by atoms with Crippen LogP contribution in [0.1, 0.15) is 16.7 Å². The van der Waals surface area contributed by atoms with Crippen LogP contribution in [0.25, 0.3) is 0 Å². The maximum atomic E-state index is 6.37. The van der Waals surface area contributed by atoms with E-state index in [1.54, 1.807) is 0 Å². The molecule has 3 aromatic carbocycles. The standard InChI is InChI=1S/C27H28O5/c1-4-10-20(11-5-1)16-28-19-23-24(29-17-21-12-6-2-7-13-21)25(26-27(31-23)32-26)30-18-22-14-8-3-9-15-22/h1-15,23-27H,16-19H2/t23-,24-,25+,26+,27+/m0/s1. The molecule has 0 unspecified atom stereocenters. The van der Waals surface area contributed by atoms with Crippen molar-refractivity contribution in [3.05, 3.63) is 108 Å². The summed E-state index contributed by atoms with van der Waals surface area (Å²) in [5.41, 5.74) is 3.36. The van der Waals surface area contributed by atoms with E-state index in [1.165, 1.54) is 0 Å². The lowest BCUT2D eigenvalue weighted by atomic mass is 10.0. The second kappa shape index (κ2) is 10.4. The van der Waals surface area contributed by atoms with Crippen molar-refractivity contribution < 1.29 is 23.7 Å². The van der Waals surface area contributed by atoms with Crippen molar-refractivity contribution in [3.63, 3.8) is 0 Å². The van der Waals surface area contributed by atoms with Crippen molar-refractivity contribution in [1.82, 2.24) is 0 Å². The molecule has 0 spiro atoms. The number of benzene rings is 3. The van der Waals surface area contributed by atoms with Crippen LogP contribution in [0.4, 0.5) is 0 Å². The Kier molecular flexibility index (Phi) is 6.92. The third-order valence-electron chi connectivity index (χ3n) is 5.77. The lowest BCUT2D eigenvalue weighted by Crippen LogP contribution is -2.52. The monoisotopic (exact) mass is 432 g/mol. The molecule has 0 aromatic heterocycles. The van der Waals surface area contributed by atoms with Gasteiger partial charge in [-0.1, -0.05) is 91.0 Å². The summed E-state index contributed by atoms with van der Waals surface area (Å²) in [7, 11) is 0. The van der Waals surface area contributed by atoms with Crippen LogP contribution in [-0.4, -0.2) is 37.3 Å². The summed E-state index contributed by atoms with van der Waals surface area (Å²) >= 11 is 0. The number of rotatable bonds is 10. The van der Waals surface area contributed by atoms with E-state index in [9.17, 15) is 0 Å². The molecule has 0 saturated carbocycles. The van der Waals surface area contributed by atoms with Crippen LogP contribution in [-0.2, 0) is 43.5 Å². The van der Waals surface area contributed by atoms with Crippen LogP contribution in [0.15, 0.2) is 91.0 Å². The summed E-state index contributed by atoms with van der Waals surface area (Å²) in [5, 5.41) is 0. The maximum Gasteiger partial charge on any atom is 0.187 e. The molecule has 5 atom stereocenters. The minimum atomic E-state index is -0.293. The van der Waals surface area contributed by atoms with Gasteiger partial charge in [-0.2, -0.15) is 0 Å². The van der Waals surface area contributed by atoms with Gasteiger partial charge in [0, 0.05) is 0 Å². The molecule has 5 rings (SSSR count). The Morgan fingerprint density at radius 2 is 1.06 bits per heavy atom. The average molecular weight is 433 g/mol. The van der Waals surface area contributed by atoms with Gasteiger partial charge >= 0.3 is 0 Å². The Labute approximate surface area is 188 Å². The van der Waals surface area contributed by atoms with E-state index in [0.29, 0.717) is 26.4 Å². The number of ether oxygens (including phenoxy) is 5. The van der Waals surface area contributed by atoms with Crippen LogP contribution in [0.5, 0.6) is 0 Å². The van der Waals surface area contributed by atoms with Crippen LogP contribution in [0.2, 0.25) is 0 Å². The molecule has 2 heterocycles. The van der Waals surface area contributed by atoms with E-state index in [4.69, 9.17) is 23.7 Å². The second-order valence-electron chi connectivity index (χ2n) is 8.17. The Morgan fingerprint density at radius 1 is 0.562 bits per heavy atom. The molecular formula is C27H28O5. The van der Waals surface area contributed by atoms with E-state index in [0.717, 1.165) is 16.7 Å². The molecule has 3 aromatic rings. The predicted octanol–water partition coefficient (Wildman–Crippen LogP) is 4.50. The molecule has 0 N–H and O–H groups in total. The first-order chi connectivity index (χ1) is 15.9. The van der Waals surface area contributed by atoms with Gasteiger partial charge in [-0.25, -0.2) is 0 Å². The fourth-order valence-electron chi connectivity index (χ4n) is 4.03. The van der Waals surface area contributed by atoms with Gasteiger partial charge in [0.1, 0.15) is 24.4 Å². The molecule has 0 radical (unpaired) electrons. The molecule has 2 fully saturated rings. The molecule has 2 aliphatic heterocycles. The first-order valence-corrected chi connectivity index (χ1v) is 11.1. The van der Waals surface area contributed by atoms with Gasteiger partial charge in [-0.3, -0.25) is 0 Å². The summed E-state index contributed by atoms with van der Waals surface area (Å²) in [6.07, 6.45) is -1.14. The predicted molar refractivity (Wildman–Crippen MR) is 120 cm³/mol. The SMILES string of the molecule is c1ccc(COC[C@@H]2O[C@@H]3O[C@@H]3[C@H](OCc3ccccc3)[C@H]2OCc2ccccc2)cc1. The Hall–Kier alpha value is -2.54. The minimum absolute atomic E-state index is 0.107. The number of fused-ring (bicyclic) bond motifs is 1. The zero-order chi connectivity index (χ0) is 21.6. The van der Waals surface area contributed by atoms with E-state index in [1.807, 2.05) is 54.6 Å². The molecule has 5 nitrogen and oxygen atoms in total. The van der Waals surface area contributed by atoms with Gasteiger partial charge in [-0.05, 0) is 16.7 Å². The Balaban J connectivity index is 1.26. The van der Waals surface area contributed by atoms with Crippen molar-refractivity contribution in [1.29, 1.82) is 0 Å². The fraction of sp³-hybridized carbons (Fsp3) is 0.333. The number of epoxide rings is 1. The van der Waals surface area contributed by atoms with Crippen LogP contribution in [0.3, 0.4) is 0 Å². The summed E-state index contributed by atoms with van der Waals surface area (Å²) < 4.78 is 30.6. The van der Waals surface area contributed by atoms with Crippen molar-refractivity contribution in [2.45, 2.75) is 50.5 Å². The lowest BCUT2D eigenvalue weighted by Gasteiger charge is -2.35. The highest BCUT2D eigenvalue weighted by Gasteiger charge is 2.58. The molecule has 0 aliphatic carbocycles. The van der Waals surface area contributed by atoms with Crippen molar-refractivity contribution >= 4 is 0 Å². The molecule has 32 heavy (non-hydrogen) atoms. The van der Waals surface area contributed by atoms with Crippen molar-refractivity contribution in [3.8, 4) is 0 Å². The van der Waals surface area contributed by atoms with Gasteiger partial charge in [0.15, 0.2) is 6.29 Å². The first kappa shape index (κ1) is 21.3. The van der Waals surface area contributed by atoms with E-state index in [-0.39, 0.29) is 30.7 Å². The van der Waals surface area contributed by atoms with Crippen LogP contribution >= 0.6 is 0 Å². The molecule has 2 saturated heterocycles. The summed E-state index contributed by atoms with van der Waals surface area (Å²) in [6, 6.07) is 30.4. The number of hydrogen-bond acceptors (Lipinski definition) is 5. The summed E-state index contributed by atoms with van der Waals surface area (Å²) in [5.74, 6) is 0. The molecule has 0 amide bonds. The maximum absolute atomic E-state index is 6.37. The van der Waals surface area contributed by atoms with Crippen LogP contribution < -0.4 is 0 Å². The number of hydrogen-bond donors (Lipinski definition) is 0. The smallest absolute Gasteiger partial charge is 0.187 e. The average Bonchev–Trinajstić information content (AvgIpc) is 3.63. The Bertz CT molecular complexity index is 950. The Morgan fingerprint density at radius 3 is 1.62 bits per heavy atom. The van der Waals surface area contributed by atoms with Gasteiger partial charge in [0.25, 0.3) is 0 Å². The molecule has 2 aliphatic rings. The molecule has 166 valence electrons. The highest BCUT2D eigenvalue weighted by molar-refractivity contribution is 5.15. The zero-order valence-corrected chi connectivity index (χ0v) is 17.9. The van der Waals surface area contributed by atoms with Gasteiger partial charge < -0.3 is 23.7 Å². The van der Waals surface area contributed by atoms with Gasteiger partial charge in [-0.15, -0.1) is 0 Å². The lowest BCUT2D eigenvalue weighted by molar-refractivity contribution is -0.192. The van der Waals surface area contributed by atoms with Crippen molar-refractivity contribution in [2.24, 2.45) is 0 Å². The quantitative estimate of drug-likeness (QED) is 0.442. The molecule has 0 bridgehead atoms. The van der Waals surface area contributed by atoms with Crippen molar-refractivity contribution in [2.75, 3.05) is 6.61 Å². The van der Waals surface area contributed by atoms with Gasteiger partial charge in [0.05, 0.1) is 26.4 Å². The third-order valence-corrected chi connectivity index (χ3v) is 5.77. The fourth-order valence-corrected chi connectivity index (χ4v) is 4.03. The topological polar surface area (TPSA) is 49.5 Å². The first-order valence-electron chi connectivity index (χ1n) is 11.1. The minimum Gasteiger partial charge on any atom is -0.374 e.